The summed E-state index contributed by atoms with van der Waals surface area (Å²) in [6.07, 6.45) is -2.97. The summed E-state index contributed by atoms with van der Waals surface area (Å²) in [4.78, 5) is 0. The second-order valence-electron chi connectivity index (χ2n) is 8.24. The lowest BCUT2D eigenvalue weighted by Gasteiger charge is -2.45. The molecule has 180 valence electrons. The molecule has 3 aromatic rings. The van der Waals surface area contributed by atoms with Gasteiger partial charge in [-0.3, -0.25) is 0 Å². The molecule has 1 heterocycles. The largest absolute Gasteiger partial charge is 0.394 e. The van der Waals surface area contributed by atoms with Gasteiger partial charge in [0.25, 0.3) is 0 Å². The van der Waals surface area contributed by atoms with Crippen LogP contribution in [-0.4, -0.2) is 49.5 Å². The van der Waals surface area contributed by atoms with Gasteiger partial charge in [-0.1, -0.05) is 91.0 Å². The molecule has 34 heavy (non-hydrogen) atoms. The lowest BCUT2D eigenvalue weighted by Crippen LogP contribution is -2.61. The number of aliphatic hydroxyl groups is 1. The topological polar surface area (TPSA) is 66.4 Å². The molecule has 0 saturated carbocycles. The van der Waals surface area contributed by atoms with Crippen LogP contribution in [0, 0.1) is 0 Å². The van der Waals surface area contributed by atoms with Crippen molar-refractivity contribution in [1.82, 2.24) is 0 Å². The zero-order valence-electron chi connectivity index (χ0n) is 19.4. The highest BCUT2D eigenvalue weighted by atomic mass is 16.7. The van der Waals surface area contributed by atoms with E-state index in [0.29, 0.717) is 19.8 Å². The summed E-state index contributed by atoms with van der Waals surface area (Å²) in [5, 5.41) is 10.1. The normalized spacial score (nSPS) is 24.7. The molecular weight excluding hydrogens is 432 g/mol. The van der Waals surface area contributed by atoms with Crippen molar-refractivity contribution in [3.63, 3.8) is 0 Å². The van der Waals surface area contributed by atoms with Gasteiger partial charge in [0.15, 0.2) is 6.29 Å². The Morgan fingerprint density at radius 3 is 1.44 bits per heavy atom. The van der Waals surface area contributed by atoms with Gasteiger partial charge in [0.1, 0.15) is 24.4 Å². The van der Waals surface area contributed by atoms with E-state index in [1.54, 1.807) is 7.11 Å². The third-order valence-electron chi connectivity index (χ3n) is 5.86. The number of hydrogen-bond acceptors (Lipinski definition) is 6. The SMILES string of the molecule is COC1OC(CO)[C@H](OCc2ccccc2)C(OCc2ccccc2)[C@@H]1OCc1ccccc1. The van der Waals surface area contributed by atoms with E-state index < -0.39 is 30.7 Å². The molecule has 6 heteroatoms. The van der Waals surface area contributed by atoms with Gasteiger partial charge >= 0.3 is 0 Å². The third-order valence-corrected chi connectivity index (χ3v) is 5.86. The minimum atomic E-state index is -0.710. The molecule has 3 aromatic carbocycles. The van der Waals surface area contributed by atoms with Crippen LogP contribution in [0.3, 0.4) is 0 Å². The summed E-state index contributed by atoms with van der Waals surface area (Å²) in [7, 11) is 1.57. The molecule has 3 unspecified atom stereocenters. The molecule has 0 radical (unpaired) electrons. The number of ether oxygens (including phenoxy) is 5. The summed E-state index contributed by atoms with van der Waals surface area (Å²) >= 11 is 0. The first-order chi connectivity index (χ1) is 16.8. The number of hydrogen-bond donors (Lipinski definition) is 1. The second-order valence-corrected chi connectivity index (χ2v) is 8.24. The van der Waals surface area contributed by atoms with Crippen LogP contribution in [0.2, 0.25) is 0 Å². The fourth-order valence-corrected chi connectivity index (χ4v) is 4.08. The molecule has 1 saturated heterocycles. The Labute approximate surface area is 201 Å². The van der Waals surface area contributed by atoms with E-state index in [4.69, 9.17) is 23.7 Å². The van der Waals surface area contributed by atoms with Gasteiger partial charge in [-0.25, -0.2) is 0 Å². The minimum absolute atomic E-state index is 0.226. The smallest absolute Gasteiger partial charge is 0.186 e. The van der Waals surface area contributed by atoms with Crippen molar-refractivity contribution in [3.8, 4) is 0 Å². The molecule has 0 spiro atoms. The van der Waals surface area contributed by atoms with E-state index in [1.165, 1.54) is 0 Å². The fraction of sp³-hybridized carbons (Fsp3) is 0.357. The molecule has 1 N–H and O–H groups in total. The molecule has 1 aliphatic heterocycles. The standard InChI is InChI=1S/C28H32O6/c1-30-28-27(33-20-23-15-9-4-10-16-23)26(32-19-22-13-7-3-8-14-22)25(24(17-29)34-28)31-18-21-11-5-2-6-12-21/h2-16,24-29H,17-20H2,1H3/t24?,25-,26?,27-,28?/m0/s1. The highest BCUT2D eigenvalue weighted by Crippen LogP contribution is 2.30. The summed E-state index contributed by atoms with van der Waals surface area (Å²) in [5.74, 6) is 0. The van der Waals surface area contributed by atoms with Crippen LogP contribution >= 0.6 is 0 Å². The molecule has 6 nitrogen and oxygen atoms in total. The first-order valence-electron chi connectivity index (χ1n) is 11.5. The van der Waals surface area contributed by atoms with Crippen LogP contribution in [0.15, 0.2) is 91.0 Å². The van der Waals surface area contributed by atoms with E-state index >= 15 is 0 Å². The maximum absolute atomic E-state index is 10.1. The lowest BCUT2D eigenvalue weighted by atomic mass is 9.98. The number of rotatable bonds is 11. The molecule has 4 rings (SSSR count). The first kappa shape index (κ1) is 24.5. The molecule has 0 bridgehead atoms. The number of benzene rings is 3. The van der Waals surface area contributed by atoms with Gasteiger partial charge in [-0.05, 0) is 16.7 Å². The number of methoxy groups -OCH3 is 1. The van der Waals surface area contributed by atoms with Gasteiger partial charge in [0, 0.05) is 7.11 Å². The van der Waals surface area contributed by atoms with E-state index in [2.05, 4.69) is 0 Å². The summed E-state index contributed by atoms with van der Waals surface area (Å²) in [6.45, 7) is 0.876. The van der Waals surface area contributed by atoms with Gasteiger partial charge < -0.3 is 28.8 Å². The minimum Gasteiger partial charge on any atom is -0.394 e. The molecule has 0 aromatic heterocycles. The van der Waals surface area contributed by atoms with Crippen LogP contribution in [0.5, 0.6) is 0 Å². The van der Waals surface area contributed by atoms with E-state index in [1.807, 2.05) is 91.0 Å². The molecule has 1 fully saturated rings. The predicted octanol–water partition coefficient (Wildman–Crippen LogP) is 4.11. The van der Waals surface area contributed by atoms with Crippen molar-refractivity contribution in [3.05, 3.63) is 108 Å². The van der Waals surface area contributed by atoms with E-state index in [0.717, 1.165) is 16.7 Å². The maximum Gasteiger partial charge on any atom is 0.186 e. The number of aliphatic hydroxyl groups excluding tert-OH is 1. The Morgan fingerprint density at radius 2 is 1.03 bits per heavy atom. The average molecular weight is 465 g/mol. The molecule has 1 aliphatic rings. The van der Waals surface area contributed by atoms with Gasteiger partial charge in [-0.2, -0.15) is 0 Å². The predicted molar refractivity (Wildman–Crippen MR) is 128 cm³/mol. The van der Waals surface area contributed by atoms with Crippen LogP contribution in [0.25, 0.3) is 0 Å². The van der Waals surface area contributed by atoms with Crippen molar-refractivity contribution in [2.75, 3.05) is 13.7 Å². The highest BCUT2D eigenvalue weighted by molar-refractivity contribution is 5.15. The fourth-order valence-electron chi connectivity index (χ4n) is 4.08. The van der Waals surface area contributed by atoms with Gasteiger partial charge in [0.2, 0.25) is 0 Å². The van der Waals surface area contributed by atoms with Crippen LogP contribution < -0.4 is 0 Å². The Balaban J connectivity index is 1.56. The van der Waals surface area contributed by atoms with Crippen molar-refractivity contribution in [2.24, 2.45) is 0 Å². The zero-order chi connectivity index (χ0) is 23.6. The summed E-state index contributed by atoms with van der Waals surface area (Å²) in [6, 6.07) is 29.8. The van der Waals surface area contributed by atoms with Gasteiger partial charge in [0.05, 0.1) is 26.4 Å². The monoisotopic (exact) mass is 464 g/mol. The van der Waals surface area contributed by atoms with Crippen molar-refractivity contribution >= 4 is 0 Å². The maximum atomic E-state index is 10.1. The molecule has 0 amide bonds. The second kappa shape index (κ2) is 12.8. The Kier molecular flexibility index (Phi) is 9.21. The van der Waals surface area contributed by atoms with Crippen molar-refractivity contribution in [1.29, 1.82) is 0 Å². The third kappa shape index (κ3) is 6.51. The quantitative estimate of drug-likeness (QED) is 0.461. The van der Waals surface area contributed by atoms with E-state index in [-0.39, 0.29) is 6.61 Å². The molecular formula is C28H32O6. The van der Waals surface area contributed by atoms with Crippen molar-refractivity contribution < 1.29 is 28.8 Å². The highest BCUT2D eigenvalue weighted by Gasteiger charge is 2.48. The van der Waals surface area contributed by atoms with Crippen LogP contribution in [-0.2, 0) is 43.5 Å². The van der Waals surface area contributed by atoms with Gasteiger partial charge in [-0.15, -0.1) is 0 Å². The lowest BCUT2D eigenvalue weighted by molar-refractivity contribution is -0.321. The molecule has 5 atom stereocenters. The Bertz CT molecular complexity index is 895. The van der Waals surface area contributed by atoms with E-state index in [9.17, 15) is 5.11 Å². The van der Waals surface area contributed by atoms with Crippen LogP contribution in [0.1, 0.15) is 16.7 Å². The Hall–Kier alpha value is -2.58. The zero-order valence-corrected chi connectivity index (χ0v) is 19.4. The van der Waals surface area contributed by atoms with Crippen molar-refractivity contribution in [2.45, 2.75) is 50.5 Å². The first-order valence-corrected chi connectivity index (χ1v) is 11.5. The molecule has 0 aliphatic carbocycles. The average Bonchev–Trinajstić information content (AvgIpc) is 2.91. The Morgan fingerprint density at radius 1 is 0.618 bits per heavy atom. The summed E-state index contributed by atoms with van der Waals surface area (Å²) in [5.41, 5.74) is 3.09. The summed E-state index contributed by atoms with van der Waals surface area (Å²) < 4.78 is 30.7. The van der Waals surface area contributed by atoms with Crippen LogP contribution in [0.4, 0.5) is 0 Å².